The maximum absolute atomic E-state index is 13.0. The Morgan fingerprint density at radius 1 is 1.28 bits per heavy atom. The van der Waals surface area contributed by atoms with Gasteiger partial charge in [-0.05, 0) is 60.7 Å². The summed E-state index contributed by atoms with van der Waals surface area (Å²) < 4.78 is 44.2. The quantitative estimate of drug-likeness (QED) is 0.626. The van der Waals surface area contributed by atoms with Gasteiger partial charge in [-0.15, -0.1) is 0 Å². The van der Waals surface area contributed by atoms with Crippen LogP contribution in [0.25, 0.3) is 6.08 Å². The van der Waals surface area contributed by atoms with Crippen LogP contribution in [0.2, 0.25) is 5.02 Å². The van der Waals surface area contributed by atoms with Crippen molar-refractivity contribution in [1.29, 1.82) is 0 Å². The van der Waals surface area contributed by atoms with Crippen molar-refractivity contribution >= 4 is 46.2 Å². The van der Waals surface area contributed by atoms with Gasteiger partial charge in [0, 0.05) is 0 Å². The fraction of sp³-hybridized carbons (Fsp3) is 0.158. The number of nitrogens with zero attached hydrogens (tertiary/aromatic N) is 1. The van der Waals surface area contributed by atoms with E-state index in [1.807, 2.05) is 0 Å². The smallest absolute Gasteiger partial charge is 0.417 e. The van der Waals surface area contributed by atoms with Gasteiger partial charge in [0.15, 0.2) is 16.7 Å². The third-order valence-corrected chi connectivity index (χ3v) is 4.96. The highest BCUT2D eigenvalue weighted by molar-refractivity contribution is 8.18. The van der Waals surface area contributed by atoms with Gasteiger partial charge in [0.25, 0.3) is 5.91 Å². The summed E-state index contributed by atoms with van der Waals surface area (Å²) >= 11 is 6.58. The molecular formula is C19H14ClF3N2O3S. The fourth-order valence-electron chi connectivity index (χ4n) is 2.44. The molecule has 29 heavy (non-hydrogen) atoms. The second-order valence-electron chi connectivity index (χ2n) is 5.80. The van der Waals surface area contributed by atoms with E-state index in [9.17, 15) is 23.1 Å². The first-order chi connectivity index (χ1) is 13.7. The van der Waals surface area contributed by atoms with Crippen LogP contribution in [0, 0.1) is 0 Å². The van der Waals surface area contributed by atoms with Crippen LogP contribution in [0.1, 0.15) is 18.1 Å². The van der Waals surface area contributed by atoms with Crippen molar-refractivity contribution in [3.63, 3.8) is 0 Å². The minimum atomic E-state index is -4.61. The molecule has 0 spiro atoms. The number of thioether (sulfide) groups is 1. The molecule has 0 aromatic heterocycles. The molecule has 0 atom stereocenters. The predicted molar refractivity (Wildman–Crippen MR) is 107 cm³/mol. The molecule has 1 amide bonds. The number of phenolic OH excluding ortho intramolecular Hbond substituents is 1. The summed E-state index contributed by atoms with van der Waals surface area (Å²) in [5.41, 5.74) is -0.385. The standard InChI is InChI=1S/C19H14ClF3N2O3S/c1-2-28-15-7-10(3-6-14(15)26)8-16-17(27)25-18(29-16)24-11-4-5-13(20)12(9-11)19(21,22)23/h3-9,26H,2H2,1H3,(H,24,25,27)/b16-8-. The highest BCUT2D eigenvalue weighted by Crippen LogP contribution is 2.37. The van der Waals surface area contributed by atoms with Gasteiger partial charge in [-0.2, -0.15) is 13.2 Å². The second-order valence-corrected chi connectivity index (χ2v) is 7.24. The van der Waals surface area contributed by atoms with Crippen molar-refractivity contribution in [2.45, 2.75) is 13.1 Å². The lowest BCUT2D eigenvalue weighted by Gasteiger charge is -2.09. The predicted octanol–water partition coefficient (Wildman–Crippen LogP) is 5.35. The van der Waals surface area contributed by atoms with E-state index in [0.29, 0.717) is 17.1 Å². The number of rotatable bonds is 4. The van der Waals surface area contributed by atoms with E-state index in [4.69, 9.17) is 16.3 Å². The molecule has 2 aromatic rings. The molecule has 1 aliphatic heterocycles. The Hall–Kier alpha value is -2.65. The molecule has 152 valence electrons. The molecule has 1 heterocycles. The minimum Gasteiger partial charge on any atom is -0.504 e. The number of carbonyl (C=O) groups is 1. The van der Waals surface area contributed by atoms with Crippen LogP contribution in [-0.4, -0.2) is 22.8 Å². The highest BCUT2D eigenvalue weighted by atomic mass is 35.5. The summed E-state index contributed by atoms with van der Waals surface area (Å²) in [5.74, 6) is -0.187. The largest absolute Gasteiger partial charge is 0.504 e. The lowest BCUT2D eigenvalue weighted by molar-refractivity contribution is -0.137. The molecule has 2 aromatic carbocycles. The van der Waals surface area contributed by atoms with Crippen LogP contribution in [-0.2, 0) is 11.0 Å². The third-order valence-electron chi connectivity index (χ3n) is 3.72. The van der Waals surface area contributed by atoms with E-state index >= 15 is 0 Å². The van der Waals surface area contributed by atoms with Crippen LogP contribution in [0.5, 0.6) is 11.5 Å². The maximum Gasteiger partial charge on any atom is 0.417 e. The molecule has 0 unspecified atom stereocenters. The van der Waals surface area contributed by atoms with E-state index in [1.54, 1.807) is 25.1 Å². The van der Waals surface area contributed by atoms with Crippen molar-refractivity contribution in [2.24, 2.45) is 4.99 Å². The van der Waals surface area contributed by atoms with Crippen molar-refractivity contribution in [3.8, 4) is 11.5 Å². The van der Waals surface area contributed by atoms with E-state index in [-0.39, 0.29) is 22.4 Å². The topological polar surface area (TPSA) is 70.9 Å². The minimum absolute atomic E-state index is 0.00837. The van der Waals surface area contributed by atoms with Crippen molar-refractivity contribution in [1.82, 2.24) is 5.32 Å². The van der Waals surface area contributed by atoms with Gasteiger partial charge in [0.05, 0.1) is 27.8 Å². The molecule has 1 fully saturated rings. The summed E-state index contributed by atoms with van der Waals surface area (Å²) in [6.07, 6.45) is -3.05. The Bertz CT molecular complexity index is 1020. The first-order valence-electron chi connectivity index (χ1n) is 8.29. The Morgan fingerprint density at radius 3 is 2.72 bits per heavy atom. The maximum atomic E-state index is 13.0. The molecule has 10 heteroatoms. The number of alkyl halides is 3. The number of nitrogens with one attached hydrogen (secondary N) is 1. The molecule has 1 aliphatic rings. The number of aromatic hydroxyl groups is 1. The van der Waals surface area contributed by atoms with Crippen LogP contribution in [0.4, 0.5) is 18.9 Å². The first kappa shape index (κ1) is 21.1. The number of carbonyl (C=O) groups excluding carboxylic acids is 1. The SMILES string of the molecule is CCOc1cc(/C=C2\SC(=Nc3ccc(Cl)c(C(F)(F)F)c3)NC2=O)ccc1O. The second kappa shape index (κ2) is 8.38. The van der Waals surface area contributed by atoms with E-state index in [1.165, 1.54) is 12.1 Å². The fourth-order valence-corrected chi connectivity index (χ4v) is 3.51. The van der Waals surface area contributed by atoms with Gasteiger partial charge in [0.1, 0.15) is 0 Å². The van der Waals surface area contributed by atoms with Crippen LogP contribution in [0.15, 0.2) is 46.3 Å². The van der Waals surface area contributed by atoms with Crippen molar-refractivity contribution in [2.75, 3.05) is 6.61 Å². The average Bonchev–Trinajstić information content (AvgIpc) is 2.98. The summed E-state index contributed by atoms with van der Waals surface area (Å²) in [7, 11) is 0. The molecule has 3 rings (SSSR count). The van der Waals surface area contributed by atoms with Gasteiger partial charge in [-0.1, -0.05) is 17.7 Å². The number of aliphatic imine (C=N–C) groups is 1. The molecule has 0 aliphatic carbocycles. The number of ether oxygens (including phenoxy) is 1. The Morgan fingerprint density at radius 2 is 2.03 bits per heavy atom. The third kappa shape index (κ3) is 5.04. The van der Waals surface area contributed by atoms with E-state index in [0.717, 1.165) is 23.9 Å². The number of hydrogen-bond acceptors (Lipinski definition) is 5. The number of amidine groups is 1. The number of hydrogen-bond donors (Lipinski definition) is 2. The summed E-state index contributed by atoms with van der Waals surface area (Å²) in [6.45, 7) is 2.13. The van der Waals surface area contributed by atoms with Crippen LogP contribution < -0.4 is 10.1 Å². The molecule has 0 bridgehead atoms. The number of amides is 1. The zero-order valence-corrected chi connectivity index (χ0v) is 16.5. The Labute approximate surface area is 173 Å². The summed E-state index contributed by atoms with van der Waals surface area (Å²) in [4.78, 5) is 16.5. The van der Waals surface area contributed by atoms with Crippen LogP contribution in [0.3, 0.4) is 0 Å². The number of halogens is 4. The van der Waals surface area contributed by atoms with Crippen molar-refractivity contribution in [3.05, 3.63) is 57.5 Å². The van der Waals surface area contributed by atoms with Gasteiger partial charge in [-0.3, -0.25) is 4.79 Å². The zero-order chi connectivity index (χ0) is 21.2. The monoisotopic (exact) mass is 442 g/mol. The number of phenols is 1. The lowest BCUT2D eigenvalue weighted by atomic mass is 10.2. The van der Waals surface area contributed by atoms with Gasteiger partial charge in [-0.25, -0.2) is 4.99 Å². The highest BCUT2D eigenvalue weighted by Gasteiger charge is 2.33. The van der Waals surface area contributed by atoms with Gasteiger partial charge >= 0.3 is 6.18 Å². The summed E-state index contributed by atoms with van der Waals surface area (Å²) in [6, 6.07) is 7.86. The Balaban J connectivity index is 1.85. The average molecular weight is 443 g/mol. The normalized spacial score (nSPS) is 17.1. The molecule has 0 saturated carbocycles. The van der Waals surface area contributed by atoms with Crippen LogP contribution >= 0.6 is 23.4 Å². The van der Waals surface area contributed by atoms with Gasteiger partial charge in [0.2, 0.25) is 0 Å². The molecule has 5 nitrogen and oxygen atoms in total. The molecule has 0 radical (unpaired) electrons. The van der Waals surface area contributed by atoms with Crippen molar-refractivity contribution < 1.29 is 27.8 Å². The lowest BCUT2D eigenvalue weighted by Crippen LogP contribution is -2.19. The zero-order valence-electron chi connectivity index (χ0n) is 14.9. The number of benzene rings is 2. The Kier molecular flexibility index (Phi) is 6.09. The molecular weight excluding hydrogens is 429 g/mol. The van der Waals surface area contributed by atoms with E-state index in [2.05, 4.69) is 10.3 Å². The first-order valence-corrected chi connectivity index (χ1v) is 9.49. The molecule has 1 saturated heterocycles. The molecule has 2 N–H and O–H groups in total. The van der Waals surface area contributed by atoms with E-state index < -0.39 is 22.7 Å². The van der Waals surface area contributed by atoms with Gasteiger partial charge < -0.3 is 15.2 Å². The summed E-state index contributed by atoms with van der Waals surface area (Å²) in [5, 5.41) is 12.0.